The second kappa shape index (κ2) is 11.9. The maximum Gasteiger partial charge on any atom is 0.303 e. The van der Waals surface area contributed by atoms with Crippen LogP contribution in [0.25, 0.3) is 0 Å². The van der Waals surface area contributed by atoms with Gasteiger partial charge in [0.25, 0.3) is 21.8 Å². The average molecular weight is 464 g/mol. The van der Waals surface area contributed by atoms with E-state index < -0.39 is 21.9 Å². The highest BCUT2D eigenvalue weighted by Crippen LogP contribution is 2.12. The lowest BCUT2D eigenvalue weighted by Crippen LogP contribution is -2.31. The Hall–Kier alpha value is -3.31. The number of carbonyl (C=O) groups excluding carboxylic acids is 3. The fraction of sp³-hybridized carbons (Fsp3) is 0.333. The summed E-state index contributed by atoms with van der Waals surface area (Å²) in [5, 5.41) is 2.72. The predicted octanol–water partition coefficient (Wildman–Crippen LogP) is 1.42. The van der Waals surface area contributed by atoms with Gasteiger partial charge in [-0.25, -0.2) is 13.1 Å². The van der Waals surface area contributed by atoms with Gasteiger partial charge < -0.3 is 14.8 Å². The first-order chi connectivity index (χ1) is 15.2. The quantitative estimate of drug-likeness (QED) is 0.377. The number of hydrogen-bond donors (Lipinski definition) is 2. The summed E-state index contributed by atoms with van der Waals surface area (Å²) in [6, 6.07) is 8.03. The van der Waals surface area contributed by atoms with Crippen LogP contribution in [0.5, 0.6) is 0 Å². The lowest BCUT2D eigenvalue weighted by atomic mass is 10.2. The first-order valence-electron chi connectivity index (χ1n) is 9.84. The van der Waals surface area contributed by atoms with E-state index in [0.29, 0.717) is 37.4 Å². The van der Waals surface area contributed by atoms with Gasteiger partial charge in [-0.2, -0.15) is 0 Å². The van der Waals surface area contributed by atoms with Crippen LogP contribution < -0.4 is 10.0 Å². The molecule has 2 N–H and O–H groups in total. The summed E-state index contributed by atoms with van der Waals surface area (Å²) < 4.78 is 36.9. The smallest absolute Gasteiger partial charge is 0.303 e. The molecule has 0 radical (unpaired) electrons. The third-order valence-electron chi connectivity index (χ3n) is 4.12. The largest absolute Gasteiger partial charge is 0.459 e. The lowest BCUT2D eigenvalue weighted by molar-refractivity contribution is -0.142. The molecule has 172 valence electrons. The van der Waals surface area contributed by atoms with Crippen molar-refractivity contribution in [3.05, 3.63) is 59.4 Å². The van der Waals surface area contributed by atoms with Crippen molar-refractivity contribution in [2.24, 2.45) is 0 Å². The van der Waals surface area contributed by atoms with Gasteiger partial charge in [-0.05, 0) is 49.7 Å². The van der Waals surface area contributed by atoms with Gasteiger partial charge in [0.1, 0.15) is 6.61 Å². The van der Waals surface area contributed by atoms with Gasteiger partial charge in [-0.1, -0.05) is 0 Å². The number of rotatable bonds is 11. The van der Waals surface area contributed by atoms with Gasteiger partial charge in [0, 0.05) is 38.4 Å². The van der Waals surface area contributed by atoms with Crippen molar-refractivity contribution in [2.75, 3.05) is 19.8 Å². The van der Waals surface area contributed by atoms with Gasteiger partial charge in [-0.15, -0.1) is 0 Å². The Balaban J connectivity index is 1.95. The maximum absolute atomic E-state index is 12.5. The van der Waals surface area contributed by atoms with E-state index in [9.17, 15) is 22.8 Å². The van der Waals surface area contributed by atoms with Crippen LogP contribution in [0, 0.1) is 0 Å². The van der Waals surface area contributed by atoms with Crippen molar-refractivity contribution in [1.82, 2.24) is 15.0 Å². The summed E-state index contributed by atoms with van der Waals surface area (Å²) in [5.41, 5.74) is 0.716. The average Bonchev–Trinajstić information content (AvgIpc) is 2.77. The number of sulfonamides is 1. The Morgan fingerprint density at radius 2 is 1.69 bits per heavy atom. The minimum Gasteiger partial charge on any atom is -0.459 e. The fourth-order valence-corrected chi connectivity index (χ4v) is 3.44. The standard InChI is InChI=1S/C21H25N3O7S/c1-3-30-12-4-11-22-20(26)16-6-9-19(10-7-16)32(28,29)24-21(27)17-5-8-18(23-13-17)14-31-15(2)25/h5-10,13H,3-4,11-12,14H2,1-2H3,(H,22,26)(H,24,27). The van der Waals surface area contributed by atoms with Crippen LogP contribution >= 0.6 is 0 Å². The monoisotopic (exact) mass is 463 g/mol. The molecule has 1 aromatic carbocycles. The van der Waals surface area contributed by atoms with Crippen LogP contribution in [0.15, 0.2) is 47.5 Å². The number of amides is 2. The third-order valence-corrected chi connectivity index (χ3v) is 5.47. The zero-order valence-corrected chi connectivity index (χ0v) is 18.6. The Bertz CT molecular complexity index is 1040. The van der Waals surface area contributed by atoms with Gasteiger partial charge in [0.05, 0.1) is 16.2 Å². The first-order valence-corrected chi connectivity index (χ1v) is 11.3. The van der Waals surface area contributed by atoms with Gasteiger partial charge in [-0.3, -0.25) is 19.4 Å². The van der Waals surface area contributed by atoms with E-state index in [1.807, 2.05) is 11.6 Å². The molecule has 0 saturated carbocycles. The normalized spacial score (nSPS) is 10.9. The molecule has 0 fully saturated rings. The summed E-state index contributed by atoms with van der Waals surface area (Å²) in [5.74, 6) is -1.67. The molecule has 11 heteroatoms. The van der Waals surface area contributed by atoms with E-state index in [1.54, 1.807) is 0 Å². The molecule has 2 amide bonds. The highest BCUT2D eigenvalue weighted by Gasteiger charge is 2.19. The van der Waals surface area contributed by atoms with E-state index in [4.69, 9.17) is 9.47 Å². The fourth-order valence-electron chi connectivity index (χ4n) is 2.47. The van der Waals surface area contributed by atoms with Crippen molar-refractivity contribution < 1.29 is 32.3 Å². The Kier molecular flexibility index (Phi) is 9.29. The topological polar surface area (TPSA) is 141 Å². The summed E-state index contributed by atoms with van der Waals surface area (Å²) in [6.45, 7) is 4.67. The molecule has 32 heavy (non-hydrogen) atoms. The highest BCUT2D eigenvalue weighted by molar-refractivity contribution is 7.90. The number of ether oxygens (including phenoxy) is 2. The number of esters is 1. The molecule has 1 aromatic heterocycles. The van der Waals surface area contributed by atoms with Crippen molar-refractivity contribution >= 4 is 27.8 Å². The molecule has 2 aromatic rings. The molecule has 0 spiro atoms. The Morgan fingerprint density at radius 3 is 2.28 bits per heavy atom. The molecule has 2 rings (SSSR count). The van der Waals surface area contributed by atoms with Crippen LogP contribution in [0.4, 0.5) is 0 Å². The van der Waals surface area contributed by atoms with Crippen molar-refractivity contribution in [3.63, 3.8) is 0 Å². The molecular weight excluding hydrogens is 438 g/mol. The summed E-state index contributed by atoms with van der Waals surface area (Å²) >= 11 is 0. The molecule has 1 heterocycles. The number of nitrogens with zero attached hydrogens (tertiary/aromatic N) is 1. The van der Waals surface area contributed by atoms with Gasteiger partial charge in [0.15, 0.2) is 0 Å². The van der Waals surface area contributed by atoms with E-state index in [1.165, 1.54) is 49.5 Å². The second-order valence-electron chi connectivity index (χ2n) is 6.58. The molecule has 0 atom stereocenters. The first kappa shape index (κ1) is 25.0. The minimum atomic E-state index is -4.15. The van der Waals surface area contributed by atoms with Crippen LogP contribution in [0.2, 0.25) is 0 Å². The maximum atomic E-state index is 12.5. The predicted molar refractivity (Wildman–Crippen MR) is 114 cm³/mol. The molecular formula is C21H25N3O7S. The van der Waals surface area contributed by atoms with Crippen LogP contribution in [-0.2, 0) is 30.9 Å². The van der Waals surface area contributed by atoms with Crippen LogP contribution in [0.1, 0.15) is 46.7 Å². The Morgan fingerprint density at radius 1 is 1.00 bits per heavy atom. The lowest BCUT2D eigenvalue weighted by Gasteiger charge is -2.09. The molecule has 0 saturated heterocycles. The molecule has 0 aliphatic rings. The van der Waals surface area contributed by atoms with E-state index in [0.717, 1.165) is 0 Å². The van der Waals surface area contributed by atoms with E-state index >= 15 is 0 Å². The number of carbonyl (C=O) groups is 3. The minimum absolute atomic E-state index is 0.0169. The Labute approximate surface area is 186 Å². The zero-order chi connectivity index (χ0) is 23.6. The molecule has 0 unspecified atom stereocenters. The van der Waals surface area contributed by atoms with Crippen molar-refractivity contribution in [2.45, 2.75) is 31.8 Å². The van der Waals surface area contributed by atoms with Gasteiger partial charge in [0.2, 0.25) is 0 Å². The van der Waals surface area contributed by atoms with Crippen molar-refractivity contribution in [1.29, 1.82) is 0 Å². The van der Waals surface area contributed by atoms with Gasteiger partial charge >= 0.3 is 5.97 Å². The van der Waals surface area contributed by atoms with E-state index in [2.05, 4.69) is 10.3 Å². The number of pyridine rings is 1. The third kappa shape index (κ3) is 7.75. The zero-order valence-electron chi connectivity index (χ0n) is 17.8. The molecule has 0 bridgehead atoms. The number of nitrogens with one attached hydrogen (secondary N) is 2. The highest BCUT2D eigenvalue weighted by atomic mass is 32.2. The summed E-state index contributed by atoms with van der Waals surface area (Å²) in [6.07, 6.45) is 1.85. The second-order valence-corrected chi connectivity index (χ2v) is 8.27. The number of aromatic nitrogens is 1. The number of hydrogen-bond acceptors (Lipinski definition) is 8. The summed E-state index contributed by atoms with van der Waals surface area (Å²) in [4.78, 5) is 39.0. The molecule has 0 aliphatic heterocycles. The SMILES string of the molecule is CCOCCCNC(=O)c1ccc(S(=O)(=O)NC(=O)c2ccc(COC(C)=O)nc2)cc1. The van der Waals surface area contributed by atoms with Crippen LogP contribution in [0.3, 0.4) is 0 Å². The van der Waals surface area contributed by atoms with E-state index in [-0.39, 0.29) is 23.0 Å². The number of benzene rings is 1. The molecule has 10 nitrogen and oxygen atoms in total. The van der Waals surface area contributed by atoms with Crippen LogP contribution in [-0.4, -0.2) is 50.9 Å². The van der Waals surface area contributed by atoms with Crippen molar-refractivity contribution in [3.8, 4) is 0 Å². The summed E-state index contributed by atoms with van der Waals surface area (Å²) in [7, 11) is -4.15. The molecule has 0 aliphatic carbocycles.